The molecule has 17 heavy (non-hydrogen) atoms. The lowest BCUT2D eigenvalue weighted by atomic mass is 10.1. The highest BCUT2D eigenvalue weighted by atomic mass is 15.2. The molecule has 94 valence electrons. The van der Waals surface area contributed by atoms with Crippen molar-refractivity contribution in [2.45, 2.75) is 31.8 Å². The van der Waals surface area contributed by atoms with E-state index in [0.29, 0.717) is 11.9 Å². The quantitative estimate of drug-likeness (QED) is 0.804. The van der Waals surface area contributed by atoms with E-state index in [2.05, 4.69) is 27.2 Å². The SMILES string of the molecule is CN(Cc1nccc(N)n1)[C@H]1CCCNCC1. The summed E-state index contributed by atoms with van der Waals surface area (Å²) in [5, 5.41) is 3.43. The van der Waals surface area contributed by atoms with Gasteiger partial charge in [0, 0.05) is 12.2 Å². The average molecular weight is 235 g/mol. The maximum absolute atomic E-state index is 5.66. The van der Waals surface area contributed by atoms with Crippen molar-refractivity contribution >= 4 is 5.82 Å². The van der Waals surface area contributed by atoms with Crippen molar-refractivity contribution in [3.63, 3.8) is 0 Å². The molecular formula is C12H21N5. The van der Waals surface area contributed by atoms with Gasteiger partial charge in [0.15, 0.2) is 0 Å². The van der Waals surface area contributed by atoms with E-state index in [-0.39, 0.29) is 0 Å². The molecule has 0 radical (unpaired) electrons. The van der Waals surface area contributed by atoms with E-state index in [1.165, 1.54) is 19.3 Å². The molecule has 0 aliphatic carbocycles. The summed E-state index contributed by atoms with van der Waals surface area (Å²) in [5.41, 5.74) is 5.66. The van der Waals surface area contributed by atoms with Crippen molar-refractivity contribution in [2.24, 2.45) is 0 Å². The minimum atomic E-state index is 0.547. The lowest BCUT2D eigenvalue weighted by molar-refractivity contribution is 0.212. The molecule has 2 heterocycles. The molecule has 1 fully saturated rings. The van der Waals surface area contributed by atoms with Crippen molar-refractivity contribution in [1.29, 1.82) is 0 Å². The summed E-state index contributed by atoms with van der Waals surface area (Å²) >= 11 is 0. The van der Waals surface area contributed by atoms with Crippen LogP contribution in [0.2, 0.25) is 0 Å². The minimum absolute atomic E-state index is 0.547. The molecule has 5 heteroatoms. The smallest absolute Gasteiger partial charge is 0.144 e. The minimum Gasteiger partial charge on any atom is -0.384 e. The van der Waals surface area contributed by atoms with Gasteiger partial charge in [0.2, 0.25) is 0 Å². The Labute approximate surface area is 102 Å². The Morgan fingerprint density at radius 1 is 1.47 bits per heavy atom. The first-order valence-electron chi connectivity index (χ1n) is 6.24. The van der Waals surface area contributed by atoms with Gasteiger partial charge in [0.25, 0.3) is 0 Å². The summed E-state index contributed by atoms with van der Waals surface area (Å²) in [4.78, 5) is 10.8. The van der Waals surface area contributed by atoms with Crippen LogP contribution in [0.15, 0.2) is 12.3 Å². The van der Waals surface area contributed by atoms with Crippen LogP contribution in [0.1, 0.15) is 25.1 Å². The monoisotopic (exact) mass is 235 g/mol. The normalized spacial score (nSPS) is 21.4. The van der Waals surface area contributed by atoms with Gasteiger partial charge in [-0.2, -0.15) is 0 Å². The van der Waals surface area contributed by atoms with Gasteiger partial charge in [-0.3, -0.25) is 4.90 Å². The highest BCUT2D eigenvalue weighted by Gasteiger charge is 2.17. The number of nitrogens with two attached hydrogens (primary N) is 1. The maximum Gasteiger partial charge on any atom is 0.144 e. The molecule has 1 aliphatic rings. The Morgan fingerprint density at radius 3 is 3.18 bits per heavy atom. The van der Waals surface area contributed by atoms with E-state index in [4.69, 9.17) is 5.73 Å². The van der Waals surface area contributed by atoms with Crippen LogP contribution in [0.4, 0.5) is 5.82 Å². The molecule has 0 saturated carbocycles. The fourth-order valence-corrected chi connectivity index (χ4v) is 2.28. The van der Waals surface area contributed by atoms with Crippen LogP contribution in [0, 0.1) is 0 Å². The van der Waals surface area contributed by atoms with E-state index in [9.17, 15) is 0 Å². The molecule has 2 rings (SSSR count). The number of rotatable bonds is 3. The second-order valence-electron chi connectivity index (χ2n) is 4.65. The Hall–Kier alpha value is -1.20. The zero-order chi connectivity index (χ0) is 12.1. The molecule has 0 spiro atoms. The summed E-state index contributed by atoms with van der Waals surface area (Å²) in [6.07, 6.45) is 5.40. The third-order valence-electron chi connectivity index (χ3n) is 3.29. The number of nitrogens with one attached hydrogen (secondary N) is 1. The summed E-state index contributed by atoms with van der Waals surface area (Å²) in [6.45, 7) is 3.02. The first-order chi connectivity index (χ1) is 8.25. The first kappa shape index (κ1) is 12.3. The molecule has 0 aromatic carbocycles. The van der Waals surface area contributed by atoms with Gasteiger partial charge in [-0.1, -0.05) is 0 Å². The van der Waals surface area contributed by atoms with Gasteiger partial charge >= 0.3 is 0 Å². The van der Waals surface area contributed by atoms with Crippen LogP contribution in [0.3, 0.4) is 0 Å². The average Bonchev–Trinajstić information content (AvgIpc) is 2.57. The molecule has 0 unspecified atom stereocenters. The number of hydrogen-bond acceptors (Lipinski definition) is 5. The van der Waals surface area contributed by atoms with Crippen LogP contribution in [-0.2, 0) is 6.54 Å². The van der Waals surface area contributed by atoms with Crippen molar-refractivity contribution in [3.05, 3.63) is 18.1 Å². The highest BCUT2D eigenvalue weighted by Crippen LogP contribution is 2.13. The Bertz CT molecular complexity index is 347. The van der Waals surface area contributed by atoms with E-state index in [1.807, 2.05) is 0 Å². The number of nitrogens with zero attached hydrogens (tertiary/aromatic N) is 3. The molecule has 0 amide bonds. The maximum atomic E-state index is 5.66. The number of aromatic nitrogens is 2. The van der Waals surface area contributed by atoms with Crippen LogP contribution in [0.25, 0.3) is 0 Å². The molecule has 1 atom stereocenters. The van der Waals surface area contributed by atoms with Crippen molar-refractivity contribution in [1.82, 2.24) is 20.2 Å². The summed E-state index contributed by atoms with van der Waals surface area (Å²) in [6, 6.07) is 2.34. The van der Waals surface area contributed by atoms with Gasteiger partial charge in [0.1, 0.15) is 11.6 Å². The van der Waals surface area contributed by atoms with Gasteiger partial charge in [-0.15, -0.1) is 0 Å². The van der Waals surface area contributed by atoms with E-state index < -0.39 is 0 Å². The number of nitrogen functional groups attached to an aromatic ring is 1. The zero-order valence-electron chi connectivity index (χ0n) is 10.4. The number of hydrogen-bond donors (Lipinski definition) is 2. The largest absolute Gasteiger partial charge is 0.384 e. The van der Waals surface area contributed by atoms with Gasteiger partial charge in [0.05, 0.1) is 6.54 Å². The molecule has 1 saturated heterocycles. The Kier molecular flexibility index (Phi) is 4.28. The third-order valence-corrected chi connectivity index (χ3v) is 3.29. The zero-order valence-corrected chi connectivity index (χ0v) is 10.4. The first-order valence-corrected chi connectivity index (χ1v) is 6.24. The Balaban J connectivity index is 1.93. The van der Waals surface area contributed by atoms with Gasteiger partial charge < -0.3 is 11.1 Å². The van der Waals surface area contributed by atoms with Gasteiger partial charge in [-0.25, -0.2) is 9.97 Å². The van der Waals surface area contributed by atoms with Gasteiger partial charge in [-0.05, 0) is 45.5 Å². The second kappa shape index (κ2) is 5.93. The van der Waals surface area contributed by atoms with Crippen LogP contribution in [-0.4, -0.2) is 41.0 Å². The highest BCUT2D eigenvalue weighted by molar-refractivity contribution is 5.24. The van der Waals surface area contributed by atoms with E-state index in [1.54, 1.807) is 12.3 Å². The fraction of sp³-hybridized carbons (Fsp3) is 0.667. The predicted molar refractivity (Wildman–Crippen MR) is 68.4 cm³/mol. The van der Waals surface area contributed by atoms with Crippen molar-refractivity contribution < 1.29 is 0 Å². The third kappa shape index (κ3) is 3.64. The van der Waals surface area contributed by atoms with E-state index >= 15 is 0 Å². The molecule has 3 N–H and O–H groups in total. The topological polar surface area (TPSA) is 67.1 Å². The standard InChI is InChI=1S/C12H21N5/c1-17(10-3-2-6-14-7-4-10)9-12-15-8-5-11(13)16-12/h5,8,10,14H,2-4,6-7,9H2,1H3,(H2,13,15,16)/t10-/m0/s1. The molecular weight excluding hydrogens is 214 g/mol. The van der Waals surface area contributed by atoms with Crippen LogP contribution < -0.4 is 11.1 Å². The van der Waals surface area contributed by atoms with Crippen molar-refractivity contribution in [2.75, 3.05) is 25.9 Å². The lowest BCUT2D eigenvalue weighted by Gasteiger charge is -2.26. The van der Waals surface area contributed by atoms with Crippen molar-refractivity contribution in [3.8, 4) is 0 Å². The summed E-state index contributed by atoms with van der Waals surface area (Å²) < 4.78 is 0. The summed E-state index contributed by atoms with van der Waals surface area (Å²) in [5.74, 6) is 1.36. The summed E-state index contributed by atoms with van der Waals surface area (Å²) in [7, 11) is 2.14. The van der Waals surface area contributed by atoms with Crippen LogP contribution in [0.5, 0.6) is 0 Å². The molecule has 1 aliphatic heterocycles. The predicted octanol–water partition coefficient (Wildman–Crippen LogP) is 0.633. The molecule has 1 aromatic rings. The molecule has 1 aromatic heterocycles. The second-order valence-corrected chi connectivity index (χ2v) is 4.65. The molecule has 5 nitrogen and oxygen atoms in total. The Morgan fingerprint density at radius 2 is 2.35 bits per heavy atom. The van der Waals surface area contributed by atoms with E-state index in [0.717, 1.165) is 25.5 Å². The molecule has 0 bridgehead atoms. The van der Waals surface area contributed by atoms with Crippen LogP contribution >= 0.6 is 0 Å². The fourth-order valence-electron chi connectivity index (χ4n) is 2.28. The number of anilines is 1. The lowest BCUT2D eigenvalue weighted by Crippen LogP contribution is -2.32.